The number of aromatic nitrogens is 5. The molecule has 1 N–H and O–H groups in total. The second kappa shape index (κ2) is 11.4. The maximum absolute atomic E-state index is 14.0. The predicted molar refractivity (Wildman–Crippen MR) is 168 cm³/mol. The first-order valence-corrected chi connectivity index (χ1v) is 16.8. The van der Waals surface area contributed by atoms with Crippen LogP contribution in [0.5, 0.6) is 0 Å². The standard InChI is InChI=1S/C30H30BrN7O6S/c1-16-5-8-25(31)34-28(16)35-29(41)23-10-30(15-44-45(4,42)43)11-24(30)38(23)26(40)14-37-22-7-6-19(20-12-32-18(3)33-13-20)9-21(22)27(36-37)17(2)39/h5-9,12-13,23-24H,10-11,14-15H2,1-4H3,(H,34,35,41)/t23-,24?,30?/m0/s1. The van der Waals surface area contributed by atoms with Crippen molar-refractivity contribution in [2.75, 3.05) is 18.2 Å². The Morgan fingerprint density at radius 3 is 2.51 bits per heavy atom. The molecular weight excluding hydrogens is 666 g/mol. The van der Waals surface area contributed by atoms with Crippen molar-refractivity contribution in [2.45, 2.75) is 52.2 Å². The van der Waals surface area contributed by atoms with Crippen LogP contribution in [0.25, 0.3) is 22.0 Å². The number of hydrogen-bond donors (Lipinski definition) is 1. The SMILES string of the molecule is CC(=O)c1nn(CC(=O)N2C3CC3(COS(C)(=O)=O)C[C@H]2C(=O)Nc2nc(Br)ccc2C)c2ccc(-c3cnc(C)nc3)cc12. The third-order valence-electron chi connectivity index (χ3n) is 8.36. The normalized spacial score (nSPS) is 20.7. The minimum absolute atomic E-state index is 0.136. The van der Waals surface area contributed by atoms with Gasteiger partial charge < -0.3 is 10.2 Å². The zero-order valence-corrected chi connectivity index (χ0v) is 27.3. The fraction of sp³-hybridized carbons (Fsp3) is 0.367. The minimum atomic E-state index is -3.73. The van der Waals surface area contributed by atoms with E-state index < -0.39 is 39.4 Å². The van der Waals surface area contributed by atoms with Crippen LogP contribution in [0.3, 0.4) is 0 Å². The van der Waals surface area contributed by atoms with Gasteiger partial charge in [-0.3, -0.25) is 23.2 Å². The first kappa shape index (κ1) is 30.9. The molecule has 1 aliphatic heterocycles. The summed E-state index contributed by atoms with van der Waals surface area (Å²) in [5.74, 6) is -0.119. The van der Waals surface area contributed by atoms with E-state index in [1.54, 1.807) is 44.4 Å². The molecule has 15 heteroatoms. The molecular formula is C30H30BrN7O6S. The molecule has 1 aliphatic carbocycles. The first-order chi connectivity index (χ1) is 21.2. The number of aryl methyl sites for hydroxylation is 2. The van der Waals surface area contributed by atoms with Crippen molar-refractivity contribution in [3.8, 4) is 11.1 Å². The monoisotopic (exact) mass is 695 g/mol. The van der Waals surface area contributed by atoms with Gasteiger partial charge in [0.2, 0.25) is 11.8 Å². The van der Waals surface area contributed by atoms with Gasteiger partial charge in [-0.1, -0.05) is 12.1 Å². The van der Waals surface area contributed by atoms with E-state index in [1.165, 1.54) is 16.5 Å². The molecule has 0 bridgehead atoms. The van der Waals surface area contributed by atoms with Gasteiger partial charge in [0.05, 0.1) is 18.4 Å². The summed E-state index contributed by atoms with van der Waals surface area (Å²) in [6, 6.07) is 7.70. The number of amides is 2. The van der Waals surface area contributed by atoms with Crippen LogP contribution in [0.1, 0.15) is 41.6 Å². The Balaban J connectivity index is 1.31. The number of hydrogen-bond acceptors (Lipinski definition) is 10. The fourth-order valence-corrected chi connectivity index (χ4v) is 6.73. The number of pyridine rings is 1. The van der Waals surface area contributed by atoms with E-state index in [2.05, 4.69) is 41.3 Å². The number of nitrogens with one attached hydrogen (secondary N) is 1. The van der Waals surface area contributed by atoms with E-state index in [-0.39, 0.29) is 31.0 Å². The number of anilines is 1. The summed E-state index contributed by atoms with van der Waals surface area (Å²) < 4.78 is 30.8. The smallest absolute Gasteiger partial charge is 0.264 e. The van der Waals surface area contributed by atoms with Gasteiger partial charge in [0, 0.05) is 41.7 Å². The molecule has 3 atom stereocenters. The van der Waals surface area contributed by atoms with E-state index in [9.17, 15) is 22.8 Å². The zero-order valence-electron chi connectivity index (χ0n) is 24.9. The van der Waals surface area contributed by atoms with Gasteiger partial charge in [0.1, 0.15) is 34.5 Å². The maximum Gasteiger partial charge on any atom is 0.264 e. The number of halogens is 1. The Kier molecular flexibility index (Phi) is 7.82. The van der Waals surface area contributed by atoms with Crippen LogP contribution in [-0.4, -0.2) is 80.6 Å². The van der Waals surface area contributed by atoms with Crippen LogP contribution >= 0.6 is 15.9 Å². The predicted octanol–water partition coefficient (Wildman–Crippen LogP) is 3.44. The lowest BCUT2D eigenvalue weighted by atomic mass is 10.00. The molecule has 2 unspecified atom stereocenters. The largest absolute Gasteiger partial charge is 0.325 e. The molecule has 2 amide bonds. The molecule has 2 aliphatic rings. The van der Waals surface area contributed by atoms with Crippen molar-refractivity contribution in [2.24, 2.45) is 5.41 Å². The molecule has 0 spiro atoms. The lowest BCUT2D eigenvalue weighted by Gasteiger charge is -2.27. The van der Waals surface area contributed by atoms with Crippen LogP contribution in [0, 0.1) is 19.3 Å². The van der Waals surface area contributed by atoms with Gasteiger partial charge in [0.25, 0.3) is 10.1 Å². The van der Waals surface area contributed by atoms with Crippen molar-refractivity contribution in [3.05, 3.63) is 64.4 Å². The zero-order chi connectivity index (χ0) is 32.3. The number of carbonyl (C=O) groups is 3. The Bertz CT molecular complexity index is 1980. The quantitative estimate of drug-likeness (QED) is 0.156. The fourth-order valence-electron chi connectivity index (χ4n) is 5.97. The maximum atomic E-state index is 14.0. The number of ketones is 1. The summed E-state index contributed by atoms with van der Waals surface area (Å²) >= 11 is 3.32. The summed E-state index contributed by atoms with van der Waals surface area (Å²) in [4.78, 5) is 54.6. The van der Waals surface area contributed by atoms with Crippen LogP contribution < -0.4 is 5.32 Å². The number of benzene rings is 1. The first-order valence-electron chi connectivity index (χ1n) is 14.1. The lowest BCUT2D eigenvalue weighted by molar-refractivity contribution is -0.138. The highest BCUT2D eigenvalue weighted by Gasteiger charge is 2.67. The number of rotatable bonds is 9. The Hall–Kier alpha value is -4.08. The molecule has 3 aromatic heterocycles. The summed E-state index contributed by atoms with van der Waals surface area (Å²) in [5.41, 5.74) is 2.39. The van der Waals surface area contributed by atoms with Gasteiger partial charge in [-0.05, 0) is 71.9 Å². The van der Waals surface area contributed by atoms with Crippen molar-refractivity contribution in [1.82, 2.24) is 29.6 Å². The highest BCUT2D eigenvalue weighted by Crippen LogP contribution is 2.60. The number of carbonyl (C=O) groups excluding carboxylic acids is 3. The molecule has 234 valence electrons. The van der Waals surface area contributed by atoms with E-state index in [4.69, 9.17) is 4.18 Å². The molecule has 1 saturated heterocycles. The lowest BCUT2D eigenvalue weighted by Crippen LogP contribution is -2.47. The highest BCUT2D eigenvalue weighted by molar-refractivity contribution is 9.10. The summed E-state index contributed by atoms with van der Waals surface area (Å²) in [6.07, 6.45) is 5.08. The van der Waals surface area contributed by atoms with E-state index in [1.807, 2.05) is 12.1 Å². The number of fused-ring (bicyclic) bond motifs is 2. The molecule has 4 aromatic rings. The number of piperidine rings is 1. The molecule has 2 fully saturated rings. The van der Waals surface area contributed by atoms with Crippen molar-refractivity contribution >= 4 is 60.4 Å². The molecule has 1 saturated carbocycles. The molecule has 13 nitrogen and oxygen atoms in total. The summed E-state index contributed by atoms with van der Waals surface area (Å²) in [5, 5.41) is 7.91. The number of likely N-dealkylation sites (tertiary alicyclic amines) is 1. The van der Waals surface area contributed by atoms with Crippen LogP contribution in [0.15, 0.2) is 47.3 Å². The second-order valence-electron chi connectivity index (χ2n) is 11.7. The van der Waals surface area contributed by atoms with Crippen LogP contribution in [-0.2, 0) is 30.4 Å². The Morgan fingerprint density at radius 1 is 1.09 bits per heavy atom. The van der Waals surface area contributed by atoms with Gasteiger partial charge >= 0.3 is 0 Å². The average Bonchev–Trinajstić information content (AvgIpc) is 3.40. The van der Waals surface area contributed by atoms with Crippen molar-refractivity contribution in [3.63, 3.8) is 0 Å². The van der Waals surface area contributed by atoms with Gasteiger partial charge in [-0.15, -0.1) is 0 Å². The number of nitrogens with zero attached hydrogens (tertiary/aromatic N) is 6. The van der Waals surface area contributed by atoms with Gasteiger partial charge in [-0.25, -0.2) is 15.0 Å². The van der Waals surface area contributed by atoms with Gasteiger partial charge in [-0.2, -0.15) is 13.5 Å². The third-order valence-corrected chi connectivity index (χ3v) is 9.34. The van der Waals surface area contributed by atoms with E-state index >= 15 is 0 Å². The summed E-state index contributed by atoms with van der Waals surface area (Å²) in [7, 11) is -3.73. The summed E-state index contributed by atoms with van der Waals surface area (Å²) in [6.45, 7) is 4.63. The second-order valence-corrected chi connectivity index (χ2v) is 14.1. The van der Waals surface area contributed by atoms with Crippen molar-refractivity contribution < 1.29 is 27.0 Å². The topological polar surface area (TPSA) is 166 Å². The van der Waals surface area contributed by atoms with E-state index in [0.717, 1.165) is 22.9 Å². The molecule has 4 heterocycles. The molecule has 1 aromatic carbocycles. The molecule has 6 rings (SSSR count). The Labute approximate surface area is 267 Å². The number of Topliss-reactive ketones (excluding diaryl/α,β-unsaturated/α-hetero) is 1. The van der Waals surface area contributed by atoms with Crippen LogP contribution in [0.2, 0.25) is 0 Å². The average molecular weight is 697 g/mol. The van der Waals surface area contributed by atoms with Crippen molar-refractivity contribution in [1.29, 1.82) is 0 Å². The Morgan fingerprint density at radius 2 is 1.82 bits per heavy atom. The van der Waals surface area contributed by atoms with E-state index in [0.29, 0.717) is 33.6 Å². The van der Waals surface area contributed by atoms with Crippen LogP contribution in [0.4, 0.5) is 5.82 Å². The highest BCUT2D eigenvalue weighted by atomic mass is 79.9. The van der Waals surface area contributed by atoms with Gasteiger partial charge in [0.15, 0.2) is 5.78 Å². The molecule has 45 heavy (non-hydrogen) atoms. The third kappa shape index (κ3) is 6.11. The minimum Gasteiger partial charge on any atom is -0.325 e. The molecule has 0 radical (unpaired) electrons.